The lowest BCUT2D eigenvalue weighted by molar-refractivity contribution is -0.147. The molecule has 1 saturated carbocycles. The highest BCUT2D eigenvalue weighted by Gasteiger charge is 2.41. The van der Waals surface area contributed by atoms with Crippen molar-refractivity contribution < 1.29 is 9.59 Å². The van der Waals surface area contributed by atoms with Crippen molar-refractivity contribution in [2.45, 2.75) is 38.6 Å². The molecule has 0 aromatic carbocycles. The highest BCUT2D eigenvalue weighted by atomic mass is 16.2. The van der Waals surface area contributed by atoms with Gasteiger partial charge in [0.1, 0.15) is 0 Å². The number of hydrogen-bond acceptors (Lipinski definition) is 3. The standard InChI is InChI=1S/C11H18N2O2.H3N/c1-7-2-5-9(8-3-4-8)13(6-7)11(15)10(12)14;/h7-9H,2-6H2,1H3,(H2,12,14);1H3/t7-,9+;/m0./s1. The van der Waals surface area contributed by atoms with E-state index < -0.39 is 11.8 Å². The molecular weight excluding hydrogens is 206 g/mol. The Hall–Kier alpha value is -1.10. The topological polar surface area (TPSA) is 98.4 Å². The van der Waals surface area contributed by atoms with Gasteiger partial charge >= 0.3 is 11.8 Å². The van der Waals surface area contributed by atoms with E-state index in [4.69, 9.17) is 5.73 Å². The van der Waals surface area contributed by atoms with E-state index in [1.54, 1.807) is 4.90 Å². The third-order valence-corrected chi connectivity index (χ3v) is 3.50. The highest BCUT2D eigenvalue weighted by Crippen LogP contribution is 2.40. The lowest BCUT2D eigenvalue weighted by Crippen LogP contribution is -2.51. The Morgan fingerprint density at radius 1 is 1.19 bits per heavy atom. The van der Waals surface area contributed by atoms with E-state index in [-0.39, 0.29) is 12.2 Å². The Kier molecular flexibility index (Phi) is 3.91. The van der Waals surface area contributed by atoms with Crippen LogP contribution in [0.3, 0.4) is 0 Å². The Morgan fingerprint density at radius 2 is 1.81 bits per heavy atom. The summed E-state index contributed by atoms with van der Waals surface area (Å²) in [5.41, 5.74) is 5.06. The smallest absolute Gasteiger partial charge is 0.311 e. The fourth-order valence-corrected chi connectivity index (χ4v) is 2.52. The molecule has 0 unspecified atom stereocenters. The first-order valence-electron chi connectivity index (χ1n) is 5.70. The Labute approximate surface area is 95.9 Å². The highest BCUT2D eigenvalue weighted by molar-refractivity contribution is 6.34. The van der Waals surface area contributed by atoms with Gasteiger partial charge in [0.25, 0.3) is 0 Å². The molecule has 1 aliphatic heterocycles. The number of nitrogens with zero attached hydrogens (tertiary/aromatic N) is 1. The summed E-state index contributed by atoms with van der Waals surface area (Å²) in [4.78, 5) is 24.3. The van der Waals surface area contributed by atoms with E-state index in [9.17, 15) is 9.59 Å². The number of piperidine rings is 1. The van der Waals surface area contributed by atoms with Crippen molar-refractivity contribution in [3.05, 3.63) is 0 Å². The van der Waals surface area contributed by atoms with Crippen LogP contribution in [-0.2, 0) is 9.59 Å². The quantitative estimate of drug-likeness (QED) is 0.644. The second-order valence-corrected chi connectivity index (χ2v) is 4.91. The molecule has 5 heteroatoms. The van der Waals surface area contributed by atoms with Gasteiger partial charge in [-0.25, -0.2) is 0 Å². The summed E-state index contributed by atoms with van der Waals surface area (Å²) < 4.78 is 0. The van der Waals surface area contributed by atoms with Gasteiger partial charge in [-0.1, -0.05) is 6.92 Å². The Balaban J connectivity index is 0.00000128. The van der Waals surface area contributed by atoms with Crippen LogP contribution in [0.2, 0.25) is 0 Å². The average Bonchev–Trinajstić information content (AvgIpc) is 3.00. The fourth-order valence-electron chi connectivity index (χ4n) is 2.52. The van der Waals surface area contributed by atoms with E-state index in [0.29, 0.717) is 18.4 Å². The lowest BCUT2D eigenvalue weighted by atomic mass is 9.91. The van der Waals surface area contributed by atoms with Gasteiger partial charge in [0.05, 0.1) is 0 Å². The van der Waals surface area contributed by atoms with E-state index >= 15 is 0 Å². The number of rotatable bonds is 1. The maximum Gasteiger partial charge on any atom is 0.311 e. The van der Waals surface area contributed by atoms with Crippen LogP contribution < -0.4 is 11.9 Å². The predicted molar refractivity (Wildman–Crippen MR) is 60.8 cm³/mol. The van der Waals surface area contributed by atoms with Crippen LogP contribution in [0.25, 0.3) is 0 Å². The molecule has 0 radical (unpaired) electrons. The van der Waals surface area contributed by atoms with Crippen LogP contribution in [0.15, 0.2) is 0 Å². The molecule has 16 heavy (non-hydrogen) atoms. The maximum atomic E-state index is 11.6. The van der Waals surface area contributed by atoms with Crippen molar-refractivity contribution in [3.8, 4) is 0 Å². The van der Waals surface area contributed by atoms with Gasteiger partial charge in [-0.05, 0) is 37.5 Å². The Morgan fingerprint density at radius 3 is 2.31 bits per heavy atom. The number of carbonyl (C=O) groups excluding carboxylic acids is 2. The van der Waals surface area contributed by atoms with Crippen molar-refractivity contribution in [2.24, 2.45) is 17.6 Å². The molecule has 0 aromatic rings. The van der Waals surface area contributed by atoms with Crippen LogP contribution in [0.5, 0.6) is 0 Å². The third kappa shape index (κ3) is 2.52. The molecule has 2 amide bonds. The van der Waals surface area contributed by atoms with Crippen molar-refractivity contribution >= 4 is 11.8 Å². The van der Waals surface area contributed by atoms with Crippen molar-refractivity contribution in [3.63, 3.8) is 0 Å². The zero-order valence-electron chi connectivity index (χ0n) is 9.82. The van der Waals surface area contributed by atoms with Gasteiger partial charge in [0.15, 0.2) is 0 Å². The summed E-state index contributed by atoms with van der Waals surface area (Å²) in [6.07, 6.45) is 4.58. The Bertz CT molecular complexity index is 289. The molecule has 1 aliphatic carbocycles. The molecule has 1 saturated heterocycles. The lowest BCUT2D eigenvalue weighted by Gasteiger charge is -2.38. The average molecular weight is 227 g/mol. The molecule has 0 bridgehead atoms. The largest absolute Gasteiger partial charge is 0.361 e. The zero-order valence-corrected chi connectivity index (χ0v) is 9.82. The predicted octanol–water partition coefficient (Wildman–Crippen LogP) is 0.671. The molecule has 5 nitrogen and oxygen atoms in total. The van der Waals surface area contributed by atoms with Crippen molar-refractivity contribution in [2.75, 3.05) is 6.54 Å². The molecule has 2 rings (SSSR count). The normalized spacial score (nSPS) is 29.4. The fraction of sp³-hybridized carbons (Fsp3) is 0.818. The summed E-state index contributed by atoms with van der Waals surface area (Å²) >= 11 is 0. The molecule has 0 aromatic heterocycles. The number of nitrogens with two attached hydrogens (primary N) is 1. The van der Waals surface area contributed by atoms with Gasteiger partial charge < -0.3 is 16.8 Å². The van der Waals surface area contributed by atoms with Crippen LogP contribution >= 0.6 is 0 Å². The summed E-state index contributed by atoms with van der Waals surface area (Å²) in [6.45, 7) is 2.81. The number of primary amides is 1. The molecule has 0 spiro atoms. The van der Waals surface area contributed by atoms with E-state index in [2.05, 4.69) is 6.92 Å². The summed E-state index contributed by atoms with van der Waals surface area (Å²) in [5, 5.41) is 0. The van der Waals surface area contributed by atoms with Gasteiger partial charge in [0, 0.05) is 12.6 Å². The summed E-state index contributed by atoms with van der Waals surface area (Å²) in [5.74, 6) is -0.183. The summed E-state index contributed by atoms with van der Waals surface area (Å²) in [6, 6.07) is 0.279. The molecule has 1 heterocycles. The molecule has 2 aliphatic rings. The minimum atomic E-state index is -0.810. The third-order valence-electron chi connectivity index (χ3n) is 3.50. The second-order valence-electron chi connectivity index (χ2n) is 4.91. The van der Waals surface area contributed by atoms with Gasteiger partial charge in [-0.2, -0.15) is 0 Å². The number of likely N-dealkylation sites (tertiary alicyclic amines) is 1. The SMILES string of the molecule is C[C@H]1CC[C@H](C2CC2)N(C(=O)C(N)=O)C1.N. The van der Waals surface area contributed by atoms with Crippen molar-refractivity contribution in [1.82, 2.24) is 11.1 Å². The molecule has 5 N–H and O–H groups in total. The van der Waals surface area contributed by atoms with E-state index in [1.165, 1.54) is 12.8 Å². The van der Waals surface area contributed by atoms with Gasteiger partial charge in [0.2, 0.25) is 0 Å². The zero-order chi connectivity index (χ0) is 11.0. The molecule has 2 fully saturated rings. The van der Waals surface area contributed by atoms with Crippen LogP contribution in [0, 0.1) is 11.8 Å². The molecular formula is C11H21N3O2. The maximum absolute atomic E-state index is 11.6. The first kappa shape index (κ1) is 13.0. The number of amides is 2. The number of carbonyl (C=O) groups is 2. The van der Waals surface area contributed by atoms with Gasteiger partial charge in [-0.3, -0.25) is 9.59 Å². The van der Waals surface area contributed by atoms with E-state index in [0.717, 1.165) is 12.8 Å². The van der Waals surface area contributed by atoms with E-state index in [1.807, 2.05) is 0 Å². The first-order chi connectivity index (χ1) is 7.09. The first-order valence-corrected chi connectivity index (χ1v) is 5.70. The minimum Gasteiger partial charge on any atom is -0.361 e. The monoisotopic (exact) mass is 227 g/mol. The molecule has 2 atom stereocenters. The molecule has 92 valence electrons. The minimum absolute atomic E-state index is 0. The summed E-state index contributed by atoms with van der Waals surface area (Å²) in [7, 11) is 0. The second kappa shape index (κ2) is 4.82. The van der Waals surface area contributed by atoms with Crippen molar-refractivity contribution in [1.29, 1.82) is 0 Å². The van der Waals surface area contributed by atoms with Crippen LogP contribution in [-0.4, -0.2) is 29.3 Å². The van der Waals surface area contributed by atoms with Crippen LogP contribution in [0.1, 0.15) is 32.6 Å². The number of hydrogen-bond donors (Lipinski definition) is 2. The van der Waals surface area contributed by atoms with Gasteiger partial charge in [-0.15, -0.1) is 0 Å². The van der Waals surface area contributed by atoms with Crippen LogP contribution in [0.4, 0.5) is 0 Å².